The normalized spacial score (nSPS) is 11.1. The van der Waals surface area contributed by atoms with Crippen molar-refractivity contribution in [2.75, 3.05) is 18.5 Å². The van der Waals surface area contributed by atoms with Crippen LogP contribution in [0.5, 0.6) is 0 Å². The maximum Gasteiger partial charge on any atom is 0.224 e. The number of benzene rings is 3. The minimum absolute atomic E-state index is 0.227. The summed E-state index contributed by atoms with van der Waals surface area (Å²) >= 11 is 6.19. The van der Waals surface area contributed by atoms with Crippen molar-refractivity contribution < 1.29 is 0 Å². The number of rotatable bonds is 5. The second kappa shape index (κ2) is 7.77. The molecule has 0 spiro atoms. The Morgan fingerprint density at radius 2 is 1.33 bits per heavy atom. The third-order valence-electron chi connectivity index (χ3n) is 4.78. The van der Waals surface area contributed by atoms with Gasteiger partial charge in [0, 0.05) is 24.9 Å². The number of likely N-dealkylation sites (N-methyl/N-ethyl adjacent to an activating group) is 1. The van der Waals surface area contributed by atoms with E-state index in [9.17, 15) is 0 Å². The van der Waals surface area contributed by atoms with Crippen molar-refractivity contribution in [2.45, 2.75) is 5.92 Å². The topological polar surface area (TPSA) is 29.0 Å². The Bertz CT molecular complexity index is 996. The first-order valence-corrected chi connectivity index (χ1v) is 9.33. The largest absolute Gasteiger partial charge is 0.358 e. The summed E-state index contributed by atoms with van der Waals surface area (Å²) < 4.78 is 0. The van der Waals surface area contributed by atoms with Crippen molar-refractivity contribution in [3.05, 3.63) is 101 Å². The van der Waals surface area contributed by atoms with Crippen LogP contribution in [0.3, 0.4) is 0 Å². The molecule has 27 heavy (non-hydrogen) atoms. The lowest BCUT2D eigenvalue weighted by Gasteiger charge is -2.26. The lowest BCUT2D eigenvalue weighted by molar-refractivity contribution is 0.764. The molecule has 0 aliphatic carbocycles. The van der Waals surface area contributed by atoms with Gasteiger partial charge >= 0.3 is 0 Å². The molecule has 3 aromatic carbocycles. The summed E-state index contributed by atoms with van der Waals surface area (Å²) in [5, 5.41) is 1.27. The van der Waals surface area contributed by atoms with E-state index in [4.69, 9.17) is 11.6 Å². The van der Waals surface area contributed by atoms with E-state index in [-0.39, 0.29) is 11.2 Å². The van der Waals surface area contributed by atoms with Gasteiger partial charge in [-0.2, -0.15) is 4.98 Å². The summed E-state index contributed by atoms with van der Waals surface area (Å²) in [5.74, 6) is 1.08. The van der Waals surface area contributed by atoms with Crippen LogP contribution in [0.4, 0.5) is 5.82 Å². The Morgan fingerprint density at radius 1 is 0.778 bits per heavy atom. The summed E-state index contributed by atoms with van der Waals surface area (Å²) in [6.45, 7) is 0.783. The average molecular weight is 374 g/mol. The van der Waals surface area contributed by atoms with Crippen LogP contribution in [0.25, 0.3) is 10.9 Å². The number of para-hydroxylation sites is 1. The number of nitrogens with zero attached hydrogens (tertiary/aromatic N) is 3. The van der Waals surface area contributed by atoms with Crippen molar-refractivity contribution in [2.24, 2.45) is 0 Å². The number of hydrogen-bond acceptors (Lipinski definition) is 3. The fourth-order valence-electron chi connectivity index (χ4n) is 3.46. The van der Waals surface area contributed by atoms with Gasteiger partial charge < -0.3 is 4.90 Å². The molecule has 0 amide bonds. The zero-order chi connectivity index (χ0) is 18.6. The summed E-state index contributed by atoms with van der Waals surface area (Å²) in [7, 11) is 2.06. The molecular weight excluding hydrogens is 354 g/mol. The highest BCUT2D eigenvalue weighted by atomic mass is 35.5. The number of aromatic nitrogens is 2. The predicted octanol–water partition coefficient (Wildman–Crippen LogP) is 5.55. The average Bonchev–Trinajstić information content (AvgIpc) is 2.72. The molecule has 0 saturated heterocycles. The van der Waals surface area contributed by atoms with Crippen molar-refractivity contribution in [3.8, 4) is 0 Å². The highest BCUT2D eigenvalue weighted by molar-refractivity contribution is 6.28. The van der Waals surface area contributed by atoms with Crippen molar-refractivity contribution >= 4 is 28.3 Å². The molecule has 0 fully saturated rings. The second-order valence-corrected chi connectivity index (χ2v) is 6.93. The quantitative estimate of drug-likeness (QED) is 0.429. The van der Waals surface area contributed by atoms with E-state index in [0.717, 1.165) is 23.3 Å². The van der Waals surface area contributed by atoms with Crippen molar-refractivity contribution in [1.82, 2.24) is 9.97 Å². The zero-order valence-corrected chi connectivity index (χ0v) is 15.8. The molecule has 0 aliphatic rings. The molecule has 0 aliphatic heterocycles. The van der Waals surface area contributed by atoms with Gasteiger partial charge in [0.2, 0.25) is 5.28 Å². The Morgan fingerprint density at radius 3 is 1.96 bits per heavy atom. The Hall–Kier alpha value is -2.91. The summed E-state index contributed by atoms with van der Waals surface area (Å²) in [6.07, 6.45) is 0. The van der Waals surface area contributed by atoms with Gasteiger partial charge in [-0.05, 0) is 34.9 Å². The van der Waals surface area contributed by atoms with Crippen LogP contribution in [0.15, 0.2) is 84.9 Å². The van der Waals surface area contributed by atoms with E-state index in [1.54, 1.807) is 0 Å². The first-order valence-electron chi connectivity index (χ1n) is 8.95. The van der Waals surface area contributed by atoms with Crippen LogP contribution in [0.2, 0.25) is 5.28 Å². The molecule has 1 heterocycles. The van der Waals surface area contributed by atoms with Gasteiger partial charge in [0.1, 0.15) is 5.82 Å². The van der Waals surface area contributed by atoms with Crippen LogP contribution in [0.1, 0.15) is 17.0 Å². The smallest absolute Gasteiger partial charge is 0.224 e. The molecule has 0 bridgehead atoms. The van der Waals surface area contributed by atoms with Crippen LogP contribution in [0, 0.1) is 0 Å². The van der Waals surface area contributed by atoms with E-state index in [1.807, 2.05) is 36.4 Å². The lowest BCUT2D eigenvalue weighted by Crippen LogP contribution is -2.26. The van der Waals surface area contributed by atoms with Gasteiger partial charge in [-0.15, -0.1) is 0 Å². The van der Waals surface area contributed by atoms with Crippen LogP contribution in [-0.2, 0) is 0 Å². The first kappa shape index (κ1) is 17.5. The van der Waals surface area contributed by atoms with Crippen LogP contribution >= 0.6 is 11.6 Å². The molecule has 3 nitrogen and oxygen atoms in total. The van der Waals surface area contributed by atoms with E-state index in [0.29, 0.717) is 0 Å². The molecule has 4 heteroatoms. The number of halogens is 1. The van der Waals surface area contributed by atoms with Crippen molar-refractivity contribution in [1.29, 1.82) is 0 Å². The number of hydrogen-bond donors (Lipinski definition) is 0. The maximum atomic E-state index is 6.19. The summed E-state index contributed by atoms with van der Waals surface area (Å²) in [5.41, 5.74) is 3.41. The molecule has 0 atom stereocenters. The van der Waals surface area contributed by atoms with Gasteiger partial charge in [-0.3, -0.25) is 0 Å². The highest BCUT2D eigenvalue weighted by Crippen LogP contribution is 2.30. The fourth-order valence-corrected chi connectivity index (χ4v) is 3.63. The minimum atomic E-state index is 0.227. The monoisotopic (exact) mass is 373 g/mol. The highest BCUT2D eigenvalue weighted by Gasteiger charge is 2.19. The molecule has 0 saturated carbocycles. The standard InChI is InChI=1S/C23H20ClN3/c1-27(22-19-14-8-9-15-21(19)25-23(24)26-22)16-20(17-10-4-2-5-11-17)18-12-6-3-7-13-18/h2-15,20H,16H2,1H3. The van der Waals surface area contributed by atoms with E-state index in [1.165, 1.54) is 11.1 Å². The van der Waals surface area contributed by atoms with Gasteiger partial charge in [0.25, 0.3) is 0 Å². The van der Waals surface area contributed by atoms with E-state index in [2.05, 4.69) is 70.4 Å². The van der Waals surface area contributed by atoms with Gasteiger partial charge in [0.15, 0.2) is 0 Å². The molecule has 1 aromatic heterocycles. The molecular formula is C23H20ClN3. The van der Waals surface area contributed by atoms with Gasteiger partial charge in [0.05, 0.1) is 5.52 Å². The first-order chi connectivity index (χ1) is 13.2. The van der Waals surface area contributed by atoms with Crippen LogP contribution < -0.4 is 4.90 Å². The second-order valence-electron chi connectivity index (χ2n) is 6.59. The fraction of sp³-hybridized carbons (Fsp3) is 0.130. The SMILES string of the molecule is CN(CC(c1ccccc1)c1ccccc1)c1nc(Cl)nc2ccccc12. The Kier molecular flexibility index (Phi) is 5.03. The van der Waals surface area contributed by atoms with Gasteiger partial charge in [-0.1, -0.05) is 72.8 Å². The van der Waals surface area contributed by atoms with Crippen molar-refractivity contribution in [3.63, 3.8) is 0 Å². The molecule has 134 valence electrons. The molecule has 0 radical (unpaired) electrons. The Balaban J connectivity index is 1.74. The third kappa shape index (κ3) is 3.79. The third-order valence-corrected chi connectivity index (χ3v) is 4.95. The van der Waals surface area contributed by atoms with Crippen LogP contribution in [-0.4, -0.2) is 23.6 Å². The minimum Gasteiger partial charge on any atom is -0.358 e. The van der Waals surface area contributed by atoms with E-state index >= 15 is 0 Å². The predicted molar refractivity (Wildman–Crippen MR) is 113 cm³/mol. The molecule has 4 rings (SSSR count). The Labute approximate surface area is 164 Å². The van der Waals surface area contributed by atoms with Gasteiger partial charge in [-0.25, -0.2) is 4.98 Å². The number of fused-ring (bicyclic) bond motifs is 1. The lowest BCUT2D eigenvalue weighted by atomic mass is 9.91. The molecule has 0 N–H and O–H groups in total. The molecule has 4 aromatic rings. The summed E-state index contributed by atoms with van der Waals surface area (Å²) in [6, 6.07) is 29.1. The molecule has 0 unspecified atom stereocenters. The van der Waals surface area contributed by atoms with E-state index < -0.39 is 0 Å². The zero-order valence-electron chi connectivity index (χ0n) is 15.1. The maximum absolute atomic E-state index is 6.19. The number of anilines is 1. The summed E-state index contributed by atoms with van der Waals surface area (Å²) in [4.78, 5) is 11.0.